The van der Waals surface area contributed by atoms with E-state index < -0.39 is 0 Å². The van der Waals surface area contributed by atoms with Crippen LogP contribution in [-0.4, -0.2) is 12.1 Å². The quantitative estimate of drug-likeness (QED) is 0.0641. The molecule has 6 N–H and O–H groups in total. The van der Waals surface area contributed by atoms with Gasteiger partial charge in [-0.25, -0.2) is 4.98 Å². The number of allylic oxidation sites excluding steroid dienone is 1. The van der Waals surface area contributed by atoms with Crippen LogP contribution in [0.25, 0.3) is 28.0 Å². The molecule has 1 aromatic heterocycles. The van der Waals surface area contributed by atoms with Crippen molar-refractivity contribution in [1.29, 1.82) is 0 Å². The second-order valence-corrected chi connectivity index (χ2v) is 21.6. The Hall–Kier alpha value is -12.4. The second-order valence-electron chi connectivity index (χ2n) is 21.6. The topological polar surface area (TPSA) is 94.3 Å². The van der Waals surface area contributed by atoms with Crippen molar-refractivity contribution in [3.63, 3.8) is 0 Å². The Balaban J connectivity index is 0.000000124. The Morgan fingerprint density at radius 1 is 0.287 bits per heavy atom. The molecule has 0 radical (unpaired) electrons. The molecule has 94 heavy (non-hydrogen) atoms. The highest BCUT2D eigenvalue weighted by atomic mass is 16.5. The summed E-state index contributed by atoms with van der Waals surface area (Å²) in [6.07, 6.45) is 8.50. The van der Waals surface area contributed by atoms with Gasteiger partial charge in [-0.1, -0.05) is 231 Å². The predicted molar refractivity (Wildman–Crippen MR) is 402 cm³/mol. The van der Waals surface area contributed by atoms with Crippen molar-refractivity contribution < 1.29 is 4.74 Å². The van der Waals surface area contributed by atoms with E-state index in [1.54, 1.807) is 13.3 Å². The molecular weight excluding hydrogens is 1150 g/mol. The number of ether oxygens (including phenoxy) is 1. The van der Waals surface area contributed by atoms with Crippen LogP contribution in [0.5, 0.6) is 5.75 Å². The minimum Gasteiger partial charge on any atom is -0.497 e. The number of pyridine rings is 1. The van der Waals surface area contributed by atoms with E-state index >= 15 is 0 Å². The number of benzene rings is 13. The predicted octanol–water partition coefficient (Wildman–Crippen LogP) is 23.8. The highest BCUT2D eigenvalue weighted by molar-refractivity contribution is 5.86. The van der Waals surface area contributed by atoms with Gasteiger partial charge in [-0.05, 0) is 198 Å². The van der Waals surface area contributed by atoms with Crippen LogP contribution >= 0.6 is 0 Å². The van der Waals surface area contributed by atoms with Crippen LogP contribution in [0, 0.1) is 0 Å². The van der Waals surface area contributed by atoms with E-state index in [0.29, 0.717) is 0 Å². The Labute approximate surface area is 554 Å². The van der Waals surface area contributed by atoms with E-state index in [1.165, 1.54) is 38.7 Å². The van der Waals surface area contributed by atoms with Crippen molar-refractivity contribution in [1.82, 2.24) is 4.98 Å². The summed E-state index contributed by atoms with van der Waals surface area (Å²) in [4.78, 5) is 4.16. The van der Waals surface area contributed by atoms with Crippen molar-refractivity contribution in [3.8, 4) is 16.9 Å². The number of hydrogen-bond acceptors (Lipinski definition) is 8. The molecule has 0 amide bonds. The van der Waals surface area contributed by atoms with Crippen LogP contribution < -0.4 is 36.6 Å². The molecule has 0 spiro atoms. The maximum absolute atomic E-state index is 5.09. The Kier molecular flexibility index (Phi) is 25.0. The summed E-state index contributed by atoms with van der Waals surface area (Å²) in [5.74, 6) is 1.74. The molecule has 8 nitrogen and oxygen atoms in total. The molecule has 0 saturated carbocycles. The molecule has 462 valence electrons. The van der Waals surface area contributed by atoms with Gasteiger partial charge >= 0.3 is 0 Å². The van der Waals surface area contributed by atoms with Gasteiger partial charge in [0.05, 0.1) is 7.11 Å². The van der Waals surface area contributed by atoms with E-state index in [-0.39, 0.29) is 0 Å². The fourth-order valence-corrected chi connectivity index (χ4v) is 9.97. The van der Waals surface area contributed by atoms with Gasteiger partial charge < -0.3 is 36.6 Å². The fraction of sp³-hybridized carbons (Fsp3) is 0.0349. The summed E-state index contributed by atoms with van der Waals surface area (Å²) >= 11 is 0. The number of methoxy groups -OCH3 is 1. The lowest BCUT2D eigenvalue weighted by Gasteiger charge is -2.16. The number of rotatable bonds is 14. The maximum atomic E-state index is 5.09. The van der Waals surface area contributed by atoms with Gasteiger partial charge in [-0.2, -0.15) is 0 Å². The van der Waals surface area contributed by atoms with Crippen molar-refractivity contribution in [2.75, 3.05) is 39.0 Å². The second kappa shape index (κ2) is 36.3. The molecule has 0 unspecified atom stereocenters. The first kappa shape index (κ1) is 64.6. The summed E-state index contributed by atoms with van der Waals surface area (Å²) in [5.41, 5.74) is 17.5. The van der Waals surface area contributed by atoms with E-state index in [4.69, 9.17) is 4.74 Å². The molecule has 0 fully saturated rings. The zero-order valence-corrected chi connectivity index (χ0v) is 52.7. The number of nitrogens with zero attached hydrogens (tertiary/aromatic N) is 1. The monoisotopic (exact) mass is 1220 g/mol. The molecular formula is C86H77N7O. The Bertz CT molecular complexity index is 4250. The highest BCUT2D eigenvalue weighted by Gasteiger charge is 2.09. The Morgan fingerprint density at radius 3 is 1.12 bits per heavy atom. The summed E-state index contributed by atoms with van der Waals surface area (Å²) in [5, 5.41) is 22.6. The van der Waals surface area contributed by atoms with Gasteiger partial charge in [-0.3, -0.25) is 0 Å². The number of nitrogens with one attached hydrogen (secondary N) is 6. The lowest BCUT2D eigenvalue weighted by atomic mass is 9.95. The zero-order chi connectivity index (χ0) is 64.3. The molecule has 8 heteroatoms. The molecule has 14 aromatic rings. The van der Waals surface area contributed by atoms with Crippen LogP contribution in [0.4, 0.5) is 68.4 Å². The van der Waals surface area contributed by atoms with Gasteiger partial charge in [0, 0.05) is 68.8 Å². The first-order valence-electron chi connectivity index (χ1n) is 31.5. The van der Waals surface area contributed by atoms with E-state index in [0.717, 1.165) is 81.3 Å². The molecule has 1 aliphatic carbocycles. The molecule has 1 aliphatic rings. The van der Waals surface area contributed by atoms with Crippen molar-refractivity contribution in [2.24, 2.45) is 0 Å². The normalized spacial score (nSPS) is 10.5. The number of para-hydroxylation sites is 7. The standard InChI is InChI=1S/C18H15N.C16H15N.C16H13N.C13H13NO.C12H11N.C11H10N2/c1-3-7-15(8-4-1)16-11-13-18(14-12-16)19-17-9-5-2-6-10-17;1-2-9-14(10-3-1)17-16-12-6-8-13-7-4-5-11-15(13)16;1-2-8-15(9-3-1)17-16-11-10-13-6-4-5-7-14(13)12-16;1-15-13-9-7-12(8-10-13)14-11-5-3-2-4-6-11;1-3-7-11(8-4-1)13-12-9-5-2-6-10-12;1-2-6-10(7-3-1)13-11-8-4-5-9-12-11/h1-14,19H;1-4,6-10,12,17H,5,11H2;1-12,17H;2-10,14H,1H3;1-10,13H;1-9H,(H,12,13). The lowest BCUT2D eigenvalue weighted by molar-refractivity contribution is 0.415. The lowest BCUT2D eigenvalue weighted by Crippen LogP contribution is -2.00. The van der Waals surface area contributed by atoms with Crippen molar-refractivity contribution in [2.45, 2.75) is 12.8 Å². The SMILES string of the molecule is C1=Cc2cccc(Nc3ccccc3)c2CC1.COc1ccc(Nc2ccccc2)cc1.c1ccc(Nc2ccc(-c3ccccc3)cc2)cc1.c1ccc(Nc2ccc3ccccc3c2)cc1.c1ccc(Nc2ccccc2)cc1.c1ccc(Nc2ccccn2)cc1. The van der Waals surface area contributed by atoms with Gasteiger partial charge in [0.25, 0.3) is 0 Å². The van der Waals surface area contributed by atoms with E-state index in [9.17, 15) is 0 Å². The molecule has 0 bridgehead atoms. The molecule has 13 aromatic carbocycles. The molecule has 0 aliphatic heterocycles. The summed E-state index contributed by atoms with van der Waals surface area (Å²) in [6, 6.07) is 125. The molecule has 1 heterocycles. The highest BCUT2D eigenvalue weighted by Crippen LogP contribution is 2.30. The van der Waals surface area contributed by atoms with Crippen molar-refractivity contribution >= 4 is 85.2 Å². The number of aromatic nitrogens is 1. The molecule has 15 rings (SSSR count). The summed E-state index contributed by atoms with van der Waals surface area (Å²) < 4.78 is 5.09. The van der Waals surface area contributed by atoms with Crippen molar-refractivity contribution in [3.05, 3.63) is 393 Å². The number of anilines is 12. The Morgan fingerprint density at radius 2 is 0.660 bits per heavy atom. The third-order valence-electron chi connectivity index (χ3n) is 14.7. The van der Waals surface area contributed by atoms with Crippen LogP contribution in [-0.2, 0) is 6.42 Å². The largest absolute Gasteiger partial charge is 0.497 e. The van der Waals surface area contributed by atoms with Gasteiger partial charge in [0.1, 0.15) is 11.6 Å². The van der Waals surface area contributed by atoms with Crippen LogP contribution in [0.3, 0.4) is 0 Å². The fourth-order valence-electron chi connectivity index (χ4n) is 9.97. The first-order valence-corrected chi connectivity index (χ1v) is 31.5. The van der Waals surface area contributed by atoms with E-state index in [2.05, 4.69) is 207 Å². The average molecular weight is 1220 g/mol. The van der Waals surface area contributed by atoms with Crippen LogP contribution in [0.15, 0.2) is 382 Å². The molecule has 0 saturated heterocycles. The number of fused-ring (bicyclic) bond motifs is 2. The summed E-state index contributed by atoms with van der Waals surface area (Å²) in [6.45, 7) is 0. The zero-order valence-electron chi connectivity index (χ0n) is 52.7. The average Bonchev–Trinajstić information content (AvgIpc) is 1.44. The molecule has 0 atom stereocenters. The third kappa shape index (κ3) is 21.7. The van der Waals surface area contributed by atoms with Gasteiger partial charge in [0.15, 0.2) is 0 Å². The number of hydrogen-bond donors (Lipinski definition) is 6. The summed E-state index contributed by atoms with van der Waals surface area (Å²) in [7, 11) is 1.67. The first-order chi connectivity index (χ1) is 46.5. The van der Waals surface area contributed by atoms with Crippen LogP contribution in [0.1, 0.15) is 17.5 Å². The maximum Gasteiger partial charge on any atom is 0.130 e. The van der Waals surface area contributed by atoms with Gasteiger partial charge in [-0.15, -0.1) is 0 Å². The third-order valence-corrected chi connectivity index (χ3v) is 14.7. The smallest absolute Gasteiger partial charge is 0.130 e. The van der Waals surface area contributed by atoms with E-state index in [1.807, 2.05) is 212 Å². The minimum atomic E-state index is 0.869. The van der Waals surface area contributed by atoms with Gasteiger partial charge in [0.2, 0.25) is 0 Å². The van der Waals surface area contributed by atoms with Crippen LogP contribution in [0.2, 0.25) is 0 Å². The minimum absolute atomic E-state index is 0.869.